The molecule has 220 valence electrons. The first-order chi connectivity index (χ1) is 21.6. The summed E-state index contributed by atoms with van der Waals surface area (Å²) in [5, 5.41) is -0.793. The molecule has 1 fully saturated rings. The van der Waals surface area contributed by atoms with Crippen molar-refractivity contribution in [3.8, 4) is 5.75 Å². The van der Waals surface area contributed by atoms with Crippen LogP contribution in [0.1, 0.15) is 40.4 Å². The summed E-state index contributed by atoms with van der Waals surface area (Å²) in [6, 6.07) is 41.5. The lowest BCUT2D eigenvalue weighted by molar-refractivity contribution is -0.129. The number of ether oxygens (including phenoxy) is 1. The maximum Gasteiger partial charge on any atom is 0.290 e. The third-order valence-corrected chi connectivity index (χ3v) is 9.13. The molecule has 6 rings (SSSR count). The zero-order valence-electron chi connectivity index (χ0n) is 24.6. The van der Waals surface area contributed by atoms with E-state index >= 15 is 0 Å². The summed E-state index contributed by atoms with van der Waals surface area (Å²) >= 11 is 1.10. The molecule has 2 amide bonds. The normalized spacial score (nSPS) is 15.0. The molecule has 1 unspecified atom stereocenters. The predicted molar refractivity (Wildman–Crippen MR) is 176 cm³/mol. The van der Waals surface area contributed by atoms with E-state index in [1.807, 2.05) is 128 Å². The van der Waals surface area contributed by atoms with Gasteiger partial charge in [-0.2, -0.15) is 0 Å². The van der Waals surface area contributed by atoms with Crippen molar-refractivity contribution in [3.05, 3.63) is 167 Å². The van der Waals surface area contributed by atoms with E-state index in [1.54, 1.807) is 0 Å². The lowest BCUT2D eigenvalue weighted by atomic mass is 9.75. The molecule has 4 aromatic carbocycles. The molecule has 5 aromatic rings. The van der Waals surface area contributed by atoms with E-state index < -0.39 is 10.8 Å². The quantitative estimate of drug-likeness (QED) is 0.145. The number of hydrogen-bond acceptors (Lipinski definition) is 5. The minimum absolute atomic E-state index is 0.196. The second kappa shape index (κ2) is 13.3. The van der Waals surface area contributed by atoms with E-state index in [4.69, 9.17) is 4.74 Å². The van der Waals surface area contributed by atoms with Gasteiger partial charge < -0.3 is 4.74 Å². The van der Waals surface area contributed by atoms with Gasteiger partial charge in [0.25, 0.3) is 5.24 Å². The number of aromatic nitrogens is 1. The average Bonchev–Trinajstić information content (AvgIpc) is 3.36. The molecule has 0 saturated carbocycles. The highest BCUT2D eigenvalue weighted by molar-refractivity contribution is 8.15. The van der Waals surface area contributed by atoms with Crippen LogP contribution in [0.15, 0.2) is 134 Å². The van der Waals surface area contributed by atoms with E-state index in [1.165, 1.54) is 10.5 Å². The Kier molecular flexibility index (Phi) is 8.89. The van der Waals surface area contributed by atoms with Gasteiger partial charge in [0.1, 0.15) is 11.3 Å². The standard InChI is InChI=1S/C38H34N2O3S/c1-2-28-18-21-33(39-27-28)24-25-43-34-22-19-29(20-23-34)26-35-36(41)40(37(42)44-35)38(30-12-6-3-7-13-30,31-14-8-4-9-15-31)32-16-10-5-11-17-32/h3-23,27,35H,2,24-26H2,1H3. The number of aryl methyl sites for hydroxylation is 1. The first-order valence-electron chi connectivity index (χ1n) is 15.0. The molecule has 44 heavy (non-hydrogen) atoms. The Bertz CT molecular complexity index is 1600. The molecule has 0 bridgehead atoms. The van der Waals surface area contributed by atoms with Crippen molar-refractivity contribution < 1.29 is 14.3 Å². The lowest BCUT2D eigenvalue weighted by Gasteiger charge is -2.42. The van der Waals surface area contributed by atoms with Gasteiger partial charge in [0.05, 0.1) is 11.9 Å². The van der Waals surface area contributed by atoms with Crippen LogP contribution in [0.25, 0.3) is 0 Å². The molecule has 0 aliphatic carbocycles. The van der Waals surface area contributed by atoms with Crippen LogP contribution in [0.3, 0.4) is 0 Å². The summed E-state index contributed by atoms with van der Waals surface area (Å²) in [5.41, 5.74) is 4.67. The number of hydrogen-bond donors (Lipinski definition) is 0. The van der Waals surface area contributed by atoms with Gasteiger partial charge in [0.15, 0.2) is 0 Å². The van der Waals surface area contributed by atoms with Crippen LogP contribution < -0.4 is 4.74 Å². The van der Waals surface area contributed by atoms with Crippen molar-refractivity contribution >= 4 is 22.9 Å². The van der Waals surface area contributed by atoms with Crippen molar-refractivity contribution in [2.45, 2.75) is 37.0 Å². The van der Waals surface area contributed by atoms with Crippen LogP contribution in [0.5, 0.6) is 5.75 Å². The molecule has 1 aliphatic heterocycles. The molecular weight excluding hydrogens is 564 g/mol. The topological polar surface area (TPSA) is 59.5 Å². The van der Waals surface area contributed by atoms with Gasteiger partial charge in [-0.3, -0.25) is 19.5 Å². The number of rotatable bonds is 11. The van der Waals surface area contributed by atoms with Crippen LogP contribution in [0.4, 0.5) is 4.79 Å². The molecule has 1 atom stereocenters. The fourth-order valence-electron chi connectivity index (χ4n) is 5.84. The molecule has 6 heteroatoms. The van der Waals surface area contributed by atoms with Gasteiger partial charge in [-0.05, 0) is 58.9 Å². The maximum absolute atomic E-state index is 14.3. The maximum atomic E-state index is 14.3. The fraction of sp³-hybridized carbons (Fsp3) is 0.184. The molecule has 5 nitrogen and oxygen atoms in total. The highest BCUT2D eigenvalue weighted by Gasteiger charge is 2.53. The molecule has 0 N–H and O–H groups in total. The summed E-state index contributed by atoms with van der Waals surface area (Å²) in [7, 11) is 0. The summed E-state index contributed by atoms with van der Waals surface area (Å²) in [5.74, 6) is 0.566. The molecule has 0 radical (unpaired) electrons. The first kappa shape index (κ1) is 29.4. The zero-order chi connectivity index (χ0) is 30.4. The van der Waals surface area contributed by atoms with Gasteiger partial charge in [0, 0.05) is 18.3 Å². The number of amides is 2. The van der Waals surface area contributed by atoms with Crippen LogP contribution in [-0.4, -0.2) is 32.9 Å². The SMILES string of the molecule is CCc1ccc(CCOc2ccc(CC3SC(=O)N(C(c4ccccc4)(c4ccccc4)c4ccccc4)C3=O)cc2)nc1. The number of imide groups is 1. The lowest BCUT2D eigenvalue weighted by Crippen LogP contribution is -2.51. The monoisotopic (exact) mass is 598 g/mol. The third kappa shape index (κ3) is 5.90. The minimum Gasteiger partial charge on any atom is -0.493 e. The van der Waals surface area contributed by atoms with Crippen molar-refractivity contribution in [3.63, 3.8) is 0 Å². The molecule has 0 spiro atoms. The highest BCUT2D eigenvalue weighted by Crippen LogP contribution is 2.47. The number of benzene rings is 4. The number of thioether (sulfide) groups is 1. The second-order valence-electron chi connectivity index (χ2n) is 10.8. The van der Waals surface area contributed by atoms with Crippen molar-refractivity contribution in [1.82, 2.24) is 9.88 Å². The van der Waals surface area contributed by atoms with Gasteiger partial charge in [0.2, 0.25) is 5.91 Å². The van der Waals surface area contributed by atoms with Crippen molar-refractivity contribution in [2.75, 3.05) is 6.61 Å². The second-order valence-corrected chi connectivity index (χ2v) is 12.0. The van der Waals surface area contributed by atoms with Crippen LogP contribution in [0, 0.1) is 0 Å². The van der Waals surface area contributed by atoms with Crippen LogP contribution >= 0.6 is 11.8 Å². The third-order valence-electron chi connectivity index (χ3n) is 8.10. The summed E-state index contributed by atoms with van der Waals surface area (Å²) < 4.78 is 5.96. The van der Waals surface area contributed by atoms with E-state index in [0.717, 1.165) is 58.3 Å². The largest absolute Gasteiger partial charge is 0.493 e. The molecule has 1 aliphatic rings. The number of pyridine rings is 1. The fourth-order valence-corrected chi connectivity index (χ4v) is 6.89. The Morgan fingerprint density at radius 2 is 1.27 bits per heavy atom. The molecule has 2 heterocycles. The molecular formula is C38H34N2O3S. The summed E-state index contributed by atoms with van der Waals surface area (Å²) in [4.78, 5) is 34.2. The zero-order valence-corrected chi connectivity index (χ0v) is 25.5. The Balaban J connectivity index is 1.23. The van der Waals surface area contributed by atoms with Crippen molar-refractivity contribution in [1.29, 1.82) is 0 Å². The average molecular weight is 599 g/mol. The van der Waals surface area contributed by atoms with Gasteiger partial charge >= 0.3 is 0 Å². The number of nitrogens with zero attached hydrogens (tertiary/aromatic N) is 2. The van der Waals surface area contributed by atoms with Crippen molar-refractivity contribution in [2.24, 2.45) is 0 Å². The van der Waals surface area contributed by atoms with Crippen LogP contribution in [0.2, 0.25) is 0 Å². The summed E-state index contributed by atoms with van der Waals surface area (Å²) in [6.07, 6.45) is 4.06. The van der Waals surface area contributed by atoms with E-state index in [0.29, 0.717) is 13.0 Å². The smallest absolute Gasteiger partial charge is 0.290 e. The number of carbonyl (C=O) groups is 2. The highest BCUT2D eigenvalue weighted by atomic mass is 32.2. The van der Waals surface area contributed by atoms with E-state index in [9.17, 15) is 9.59 Å². The minimum atomic E-state index is -1.11. The predicted octanol–water partition coefficient (Wildman–Crippen LogP) is 7.86. The molecule has 1 aromatic heterocycles. The van der Waals surface area contributed by atoms with Gasteiger partial charge in [-0.25, -0.2) is 0 Å². The Hall–Kier alpha value is -4.68. The molecule has 1 saturated heterocycles. The summed E-state index contributed by atoms with van der Waals surface area (Å²) in [6.45, 7) is 2.64. The Labute approximate surface area is 262 Å². The van der Waals surface area contributed by atoms with Crippen LogP contribution in [-0.2, 0) is 29.6 Å². The van der Waals surface area contributed by atoms with E-state index in [-0.39, 0.29) is 11.1 Å². The van der Waals surface area contributed by atoms with E-state index in [2.05, 4.69) is 18.0 Å². The Morgan fingerprint density at radius 3 is 1.77 bits per heavy atom. The van der Waals surface area contributed by atoms with Gasteiger partial charge in [-0.1, -0.05) is 128 Å². The number of carbonyl (C=O) groups excluding carboxylic acids is 2. The van der Waals surface area contributed by atoms with Gasteiger partial charge in [-0.15, -0.1) is 0 Å². The Morgan fingerprint density at radius 1 is 0.727 bits per heavy atom. The first-order valence-corrected chi connectivity index (χ1v) is 15.8.